The molecule has 0 saturated heterocycles. The summed E-state index contributed by atoms with van der Waals surface area (Å²) in [4.78, 5) is 12.6. The number of nitriles is 1. The summed E-state index contributed by atoms with van der Waals surface area (Å²) >= 11 is 12.0. The summed E-state index contributed by atoms with van der Waals surface area (Å²) in [7, 11) is 0. The van der Waals surface area contributed by atoms with Crippen LogP contribution in [0.1, 0.15) is 34.3 Å². The van der Waals surface area contributed by atoms with Crippen molar-refractivity contribution >= 4 is 29.2 Å². The van der Waals surface area contributed by atoms with E-state index < -0.39 is 11.9 Å². The highest BCUT2D eigenvalue weighted by atomic mass is 35.5. The monoisotopic (exact) mass is 480 g/mol. The van der Waals surface area contributed by atoms with Gasteiger partial charge in [0.15, 0.2) is 0 Å². The maximum absolute atomic E-state index is 12.6. The number of ether oxygens (including phenoxy) is 3. The molecular weight excluding hydrogens is 463 g/mol. The maximum atomic E-state index is 12.6. The van der Waals surface area contributed by atoms with Crippen LogP contribution in [0.3, 0.4) is 0 Å². The van der Waals surface area contributed by atoms with E-state index in [1.807, 2.05) is 31.2 Å². The third-order valence-corrected chi connectivity index (χ3v) is 5.63. The molecule has 0 aromatic heterocycles. The van der Waals surface area contributed by atoms with Crippen LogP contribution in [0.25, 0.3) is 0 Å². The van der Waals surface area contributed by atoms with Crippen molar-refractivity contribution in [2.75, 3.05) is 6.61 Å². The van der Waals surface area contributed by atoms with Gasteiger partial charge in [0.1, 0.15) is 28.9 Å². The summed E-state index contributed by atoms with van der Waals surface area (Å²) < 4.78 is 17.0. The Kier molecular flexibility index (Phi) is 6.45. The first kappa shape index (κ1) is 22.5. The Hall–Kier alpha value is -3.66. The van der Waals surface area contributed by atoms with Crippen molar-refractivity contribution in [1.82, 2.24) is 0 Å². The minimum atomic E-state index is -0.646. The van der Waals surface area contributed by atoms with Crippen molar-refractivity contribution in [1.29, 1.82) is 5.26 Å². The van der Waals surface area contributed by atoms with Crippen molar-refractivity contribution in [2.24, 2.45) is 5.73 Å². The van der Waals surface area contributed by atoms with Crippen LogP contribution in [-0.2, 0) is 0 Å². The SMILES string of the molecule is CCOc1ccccc1C1C(C#N)=C(N)Oc2cc(OC(=O)c3ccc(Cl)cc3Cl)ccc21. The van der Waals surface area contributed by atoms with Gasteiger partial charge in [0, 0.05) is 22.2 Å². The normalized spacial score (nSPS) is 14.7. The van der Waals surface area contributed by atoms with Crippen LogP contribution in [-0.4, -0.2) is 12.6 Å². The van der Waals surface area contributed by atoms with E-state index in [0.717, 1.165) is 5.56 Å². The van der Waals surface area contributed by atoms with Crippen LogP contribution in [0.5, 0.6) is 17.2 Å². The Morgan fingerprint density at radius 3 is 2.64 bits per heavy atom. The summed E-state index contributed by atoms with van der Waals surface area (Å²) in [6.07, 6.45) is 0. The van der Waals surface area contributed by atoms with Gasteiger partial charge in [0.25, 0.3) is 0 Å². The van der Waals surface area contributed by atoms with E-state index >= 15 is 0 Å². The van der Waals surface area contributed by atoms with Crippen LogP contribution in [0.2, 0.25) is 10.0 Å². The van der Waals surface area contributed by atoms with Gasteiger partial charge < -0.3 is 19.9 Å². The van der Waals surface area contributed by atoms with E-state index in [1.54, 1.807) is 24.3 Å². The highest BCUT2D eigenvalue weighted by molar-refractivity contribution is 6.36. The third-order valence-electron chi connectivity index (χ3n) is 5.08. The van der Waals surface area contributed by atoms with E-state index in [2.05, 4.69) is 6.07 Å². The number of allylic oxidation sites excluding steroid dienone is 1. The fourth-order valence-corrected chi connectivity index (χ4v) is 4.13. The van der Waals surface area contributed by atoms with Crippen molar-refractivity contribution in [3.63, 3.8) is 0 Å². The lowest BCUT2D eigenvalue weighted by molar-refractivity contribution is 0.0734. The van der Waals surface area contributed by atoms with Crippen LogP contribution in [0.15, 0.2) is 72.1 Å². The minimum Gasteiger partial charge on any atom is -0.494 e. The van der Waals surface area contributed by atoms with Gasteiger partial charge in [-0.2, -0.15) is 5.26 Å². The fraction of sp³-hybridized carbons (Fsp3) is 0.120. The first-order valence-corrected chi connectivity index (χ1v) is 10.8. The second-order valence-electron chi connectivity index (χ2n) is 7.11. The van der Waals surface area contributed by atoms with E-state index in [9.17, 15) is 10.1 Å². The van der Waals surface area contributed by atoms with E-state index in [0.29, 0.717) is 28.7 Å². The molecule has 0 amide bonds. The van der Waals surface area contributed by atoms with Gasteiger partial charge >= 0.3 is 5.97 Å². The standard InChI is InChI=1S/C25H18Cl2N2O4/c1-2-31-21-6-4-3-5-17(21)23-18-10-8-15(12-22(18)33-24(29)19(23)13-28)32-25(30)16-9-7-14(26)11-20(16)27/h3-12,23H,2,29H2,1H3. The van der Waals surface area contributed by atoms with Gasteiger partial charge in [-0.05, 0) is 37.3 Å². The molecule has 33 heavy (non-hydrogen) atoms. The van der Waals surface area contributed by atoms with Crippen molar-refractivity contribution in [3.05, 3.63) is 98.9 Å². The van der Waals surface area contributed by atoms with Gasteiger partial charge in [0.2, 0.25) is 5.88 Å². The summed E-state index contributed by atoms with van der Waals surface area (Å²) in [5.41, 5.74) is 8.01. The second-order valence-corrected chi connectivity index (χ2v) is 7.95. The summed E-state index contributed by atoms with van der Waals surface area (Å²) in [5.74, 6) is 0.0748. The Balaban J connectivity index is 1.72. The zero-order valence-electron chi connectivity index (χ0n) is 17.5. The number of hydrogen-bond donors (Lipinski definition) is 1. The van der Waals surface area contributed by atoms with Crippen molar-refractivity contribution in [3.8, 4) is 23.3 Å². The van der Waals surface area contributed by atoms with Gasteiger partial charge in [-0.3, -0.25) is 0 Å². The Bertz CT molecular complexity index is 1310. The number of rotatable bonds is 5. The number of esters is 1. The zero-order valence-corrected chi connectivity index (χ0v) is 19.0. The predicted molar refractivity (Wildman–Crippen MR) is 125 cm³/mol. The molecule has 6 nitrogen and oxygen atoms in total. The Labute approximate surface area is 200 Å². The maximum Gasteiger partial charge on any atom is 0.345 e. The molecule has 8 heteroatoms. The molecule has 0 saturated carbocycles. The molecule has 0 bridgehead atoms. The molecule has 0 radical (unpaired) electrons. The topological polar surface area (TPSA) is 94.6 Å². The molecule has 3 aromatic rings. The quantitative estimate of drug-likeness (QED) is 0.364. The molecule has 1 aliphatic heterocycles. The summed E-state index contributed by atoms with van der Waals surface area (Å²) in [6.45, 7) is 2.36. The molecule has 0 aliphatic carbocycles. The predicted octanol–water partition coefficient (Wildman–Crippen LogP) is 5.83. The fourth-order valence-electron chi connectivity index (χ4n) is 3.64. The van der Waals surface area contributed by atoms with E-state index in [4.69, 9.17) is 43.1 Å². The van der Waals surface area contributed by atoms with Gasteiger partial charge in [-0.1, -0.05) is 47.5 Å². The lowest BCUT2D eigenvalue weighted by Crippen LogP contribution is -2.21. The first-order valence-electron chi connectivity index (χ1n) is 10.0. The van der Waals surface area contributed by atoms with E-state index in [-0.39, 0.29) is 27.8 Å². The number of benzene rings is 3. The molecule has 1 aliphatic rings. The van der Waals surface area contributed by atoms with Gasteiger partial charge in [-0.25, -0.2) is 4.79 Å². The molecule has 1 atom stereocenters. The molecule has 4 rings (SSSR count). The minimum absolute atomic E-state index is 0.0227. The third kappa shape index (κ3) is 4.47. The lowest BCUT2D eigenvalue weighted by atomic mass is 9.83. The number of para-hydroxylation sites is 1. The average Bonchev–Trinajstić information content (AvgIpc) is 2.78. The Morgan fingerprint density at radius 2 is 1.91 bits per heavy atom. The number of carbonyl (C=O) groups excluding carboxylic acids is 1. The van der Waals surface area contributed by atoms with Gasteiger partial charge in [-0.15, -0.1) is 0 Å². The number of nitrogens with zero attached hydrogens (tertiary/aromatic N) is 1. The molecule has 0 fully saturated rings. The summed E-state index contributed by atoms with van der Waals surface area (Å²) in [5, 5.41) is 10.4. The molecule has 0 spiro atoms. The number of halogens is 2. The smallest absolute Gasteiger partial charge is 0.345 e. The highest BCUT2D eigenvalue weighted by Crippen LogP contribution is 2.46. The largest absolute Gasteiger partial charge is 0.494 e. The molecule has 2 N–H and O–H groups in total. The van der Waals surface area contributed by atoms with Crippen molar-refractivity contribution in [2.45, 2.75) is 12.8 Å². The lowest BCUT2D eigenvalue weighted by Gasteiger charge is -2.27. The molecule has 1 unspecified atom stereocenters. The van der Waals surface area contributed by atoms with Crippen LogP contribution in [0, 0.1) is 11.3 Å². The van der Waals surface area contributed by atoms with Crippen molar-refractivity contribution < 1.29 is 19.0 Å². The number of nitrogens with two attached hydrogens (primary N) is 1. The second kappa shape index (κ2) is 9.45. The number of carbonyl (C=O) groups is 1. The molecule has 1 heterocycles. The number of hydrogen-bond acceptors (Lipinski definition) is 6. The average molecular weight is 481 g/mol. The Morgan fingerprint density at radius 1 is 1.12 bits per heavy atom. The van der Waals surface area contributed by atoms with Crippen LogP contribution in [0.4, 0.5) is 0 Å². The molecular formula is C25H18Cl2N2O4. The summed E-state index contributed by atoms with van der Waals surface area (Å²) in [6, 6.07) is 19.0. The van der Waals surface area contributed by atoms with Crippen LogP contribution >= 0.6 is 23.2 Å². The van der Waals surface area contributed by atoms with Crippen LogP contribution < -0.4 is 19.9 Å². The number of fused-ring (bicyclic) bond motifs is 1. The van der Waals surface area contributed by atoms with E-state index in [1.165, 1.54) is 12.1 Å². The first-order chi connectivity index (χ1) is 15.9. The molecule has 166 valence electrons. The molecule has 3 aromatic carbocycles. The van der Waals surface area contributed by atoms with Gasteiger partial charge in [0.05, 0.1) is 23.1 Å². The zero-order chi connectivity index (χ0) is 23.5. The highest BCUT2D eigenvalue weighted by Gasteiger charge is 2.33.